The quantitative estimate of drug-likeness (QED) is 0.324. The van der Waals surface area contributed by atoms with Crippen LogP contribution in [-0.2, 0) is 0 Å². The number of hydrogen-bond donors (Lipinski definition) is 2. The number of aromatic nitrogens is 1. The monoisotopic (exact) mass is 294 g/mol. The number of nitro groups is 1. The first kappa shape index (κ1) is 10.3. The van der Waals surface area contributed by atoms with Gasteiger partial charge in [-0.3, -0.25) is 0 Å². The highest BCUT2D eigenvalue weighted by Crippen LogP contribution is 2.09. The van der Waals surface area contributed by atoms with Gasteiger partial charge in [0.2, 0.25) is 0 Å². The van der Waals surface area contributed by atoms with E-state index < -0.39 is 12.0 Å². The van der Waals surface area contributed by atoms with Crippen LogP contribution >= 0.6 is 22.6 Å². The molecule has 0 aliphatic rings. The van der Waals surface area contributed by atoms with Crippen LogP contribution in [0, 0.1) is 13.7 Å². The van der Waals surface area contributed by atoms with Gasteiger partial charge in [0, 0.05) is 15.1 Å². The standard InChI is InChI=1S/C5H4BIN2O4/c7-4-1-5(9(12)13)8-2-3(4)6(10)11/h1-2,10-11H. The van der Waals surface area contributed by atoms with Crippen molar-refractivity contribution < 1.29 is 15.0 Å². The molecule has 2 N–H and O–H groups in total. The van der Waals surface area contributed by atoms with Crippen LogP contribution in [0.4, 0.5) is 5.82 Å². The lowest BCUT2D eigenvalue weighted by Gasteiger charge is -1.99. The van der Waals surface area contributed by atoms with Crippen LogP contribution in [0.5, 0.6) is 0 Å². The zero-order chi connectivity index (χ0) is 10.0. The second kappa shape index (κ2) is 3.98. The maximum Gasteiger partial charge on any atom is 0.493 e. The SMILES string of the molecule is O=[N+]([O-])c1cc(I)c(B(O)O)cn1. The van der Waals surface area contributed by atoms with Crippen molar-refractivity contribution in [1.29, 1.82) is 0 Å². The lowest BCUT2D eigenvalue weighted by Crippen LogP contribution is -2.32. The first-order valence-electron chi connectivity index (χ1n) is 3.18. The van der Waals surface area contributed by atoms with E-state index in [4.69, 9.17) is 10.0 Å². The van der Waals surface area contributed by atoms with Crippen molar-refractivity contribution in [1.82, 2.24) is 4.98 Å². The lowest BCUT2D eigenvalue weighted by atomic mass is 9.82. The molecule has 1 rings (SSSR count). The van der Waals surface area contributed by atoms with E-state index in [2.05, 4.69) is 4.98 Å². The van der Waals surface area contributed by atoms with Gasteiger partial charge in [0.25, 0.3) is 0 Å². The molecule has 8 heteroatoms. The van der Waals surface area contributed by atoms with E-state index >= 15 is 0 Å². The summed E-state index contributed by atoms with van der Waals surface area (Å²) in [4.78, 5) is 13.0. The number of nitrogens with zero attached hydrogens (tertiary/aromatic N) is 2. The fourth-order valence-electron chi connectivity index (χ4n) is 0.721. The van der Waals surface area contributed by atoms with Crippen molar-refractivity contribution in [3.8, 4) is 0 Å². The molecule has 13 heavy (non-hydrogen) atoms. The molecular formula is C5H4BIN2O4. The third-order valence-electron chi connectivity index (χ3n) is 1.33. The summed E-state index contributed by atoms with van der Waals surface area (Å²) in [5.74, 6) is -0.311. The van der Waals surface area contributed by atoms with Crippen LogP contribution in [0.3, 0.4) is 0 Å². The summed E-state index contributed by atoms with van der Waals surface area (Å²) in [6.07, 6.45) is 1.07. The molecule has 1 aromatic rings. The van der Waals surface area contributed by atoms with Crippen LogP contribution in [0.15, 0.2) is 12.3 Å². The number of hydrogen-bond acceptors (Lipinski definition) is 5. The largest absolute Gasteiger partial charge is 0.493 e. The molecule has 0 aliphatic carbocycles. The molecular weight excluding hydrogens is 290 g/mol. The molecule has 0 radical (unpaired) electrons. The minimum atomic E-state index is -1.65. The Kier molecular flexibility index (Phi) is 3.17. The highest BCUT2D eigenvalue weighted by Gasteiger charge is 2.19. The van der Waals surface area contributed by atoms with Gasteiger partial charge in [-0.2, -0.15) is 0 Å². The van der Waals surface area contributed by atoms with Crippen LogP contribution in [0.2, 0.25) is 0 Å². The molecule has 1 heterocycles. The summed E-state index contributed by atoms with van der Waals surface area (Å²) in [7, 11) is -1.65. The van der Waals surface area contributed by atoms with E-state index in [1.165, 1.54) is 6.07 Å². The molecule has 0 saturated heterocycles. The Bertz CT molecular complexity index is 345. The lowest BCUT2D eigenvalue weighted by molar-refractivity contribution is -0.389. The summed E-state index contributed by atoms with van der Waals surface area (Å²) in [6, 6.07) is 1.18. The van der Waals surface area contributed by atoms with Gasteiger partial charge in [0.15, 0.2) is 0 Å². The maximum atomic E-state index is 10.2. The van der Waals surface area contributed by atoms with Gasteiger partial charge in [-0.15, -0.1) is 0 Å². The van der Waals surface area contributed by atoms with Crippen molar-refractivity contribution in [2.75, 3.05) is 0 Å². The third-order valence-corrected chi connectivity index (χ3v) is 2.27. The Morgan fingerprint density at radius 2 is 2.23 bits per heavy atom. The zero-order valence-corrected chi connectivity index (χ0v) is 8.37. The molecule has 0 fully saturated rings. The zero-order valence-electron chi connectivity index (χ0n) is 6.22. The summed E-state index contributed by atoms with van der Waals surface area (Å²) < 4.78 is 0.398. The van der Waals surface area contributed by atoms with Crippen LogP contribution in [0.25, 0.3) is 0 Å². The summed E-state index contributed by atoms with van der Waals surface area (Å²) in [6.45, 7) is 0. The first-order chi connectivity index (χ1) is 6.02. The smallest absolute Gasteiger partial charge is 0.423 e. The predicted molar refractivity (Wildman–Crippen MR) is 53.4 cm³/mol. The Morgan fingerprint density at radius 3 is 2.62 bits per heavy atom. The second-order valence-corrected chi connectivity index (χ2v) is 3.36. The number of halogens is 1. The molecule has 0 aromatic carbocycles. The van der Waals surface area contributed by atoms with Gasteiger partial charge >= 0.3 is 12.9 Å². The average Bonchev–Trinajstić information content (AvgIpc) is 2.03. The van der Waals surface area contributed by atoms with E-state index in [0.717, 1.165) is 6.20 Å². The molecule has 0 amide bonds. The minimum absolute atomic E-state index is 0.159. The minimum Gasteiger partial charge on any atom is -0.423 e. The van der Waals surface area contributed by atoms with E-state index in [9.17, 15) is 10.1 Å². The molecule has 0 spiro atoms. The molecule has 0 saturated carbocycles. The third kappa shape index (κ3) is 2.35. The van der Waals surface area contributed by atoms with Crippen LogP contribution < -0.4 is 5.46 Å². The molecule has 1 aromatic heterocycles. The van der Waals surface area contributed by atoms with Gasteiger partial charge in [-0.25, -0.2) is 0 Å². The van der Waals surface area contributed by atoms with Crippen molar-refractivity contribution in [3.05, 3.63) is 25.9 Å². The topological polar surface area (TPSA) is 96.5 Å². The highest BCUT2D eigenvalue weighted by atomic mass is 127. The number of rotatable bonds is 2. The Hall–Kier alpha value is -0.735. The van der Waals surface area contributed by atoms with Gasteiger partial charge in [-0.1, -0.05) is 0 Å². The van der Waals surface area contributed by atoms with E-state index in [-0.39, 0.29) is 11.3 Å². The second-order valence-electron chi connectivity index (χ2n) is 2.19. The first-order valence-corrected chi connectivity index (χ1v) is 4.26. The molecule has 0 unspecified atom stereocenters. The fraction of sp³-hybridized carbons (Fsp3) is 0. The molecule has 0 bridgehead atoms. The average molecular weight is 294 g/mol. The Balaban J connectivity index is 3.13. The van der Waals surface area contributed by atoms with Gasteiger partial charge in [-0.05, 0) is 32.5 Å². The van der Waals surface area contributed by atoms with Crippen molar-refractivity contribution in [2.24, 2.45) is 0 Å². The van der Waals surface area contributed by atoms with Crippen molar-refractivity contribution in [2.45, 2.75) is 0 Å². The molecule has 68 valence electrons. The maximum absolute atomic E-state index is 10.2. The van der Waals surface area contributed by atoms with E-state index in [0.29, 0.717) is 3.57 Å². The Labute approximate surface area is 87.0 Å². The molecule has 0 aliphatic heterocycles. The van der Waals surface area contributed by atoms with E-state index in [1.807, 2.05) is 0 Å². The van der Waals surface area contributed by atoms with Gasteiger partial charge in [0.1, 0.15) is 6.20 Å². The summed E-state index contributed by atoms with van der Waals surface area (Å²) in [5.41, 5.74) is 0.159. The van der Waals surface area contributed by atoms with E-state index in [1.54, 1.807) is 22.6 Å². The van der Waals surface area contributed by atoms with Crippen molar-refractivity contribution in [3.63, 3.8) is 0 Å². The van der Waals surface area contributed by atoms with Gasteiger partial charge < -0.3 is 20.2 Å². The predicted octanol–water partition coefficient (Wildman–Crippen LogP) is -0.726. The highest BCUT2D eigenvalue weighted by molar-refractivity contribution is 14.1. The molecule has 6 nitrogen and oxygen atoms in total. The van der Waals surface area contributed by atoms with Gasteiger partial charge in [0.05, 0.1) is 0 Å². The summed E-state index contributed by atoms with van der Waals surface area (Å²) >= 11 is 1.77. The normalized spacial score (nSPS) is 9.77. The summed E-state index contributed by atoms with van der Waals surface area (Å²) in [5, 5.41) is 27.8. The fourth-order valence-corrected chi connectivity index (χ4v) is 1.42. The van der Waals surface area contributed by atoms with Crippen LogP contribution in [0.1, 0.15) is 0 Å². The molecule has 0 atom stereocenters. The Morgan fingerprint density at radius 1 is 1.62 bits per heavy atom. The number of pyridine rings is 1. The van der Waals surface area contributed by atoms with Crippen LogP contribution in [-0.4, -0.2) is 27.1 Å². The van der Waals surface area contributed by atoms with Crippen molar-refractivity contribution >= 4 is 41.0 Å².